The van der Waals surface area contributed by atoms with Crippen molar-refractivity contribution in [1.82, 2.24) is 0 Å². The molecule has 1 aliphatic heterocycles. The molecule has 0 unspecified atom stereocenters. The molecule has 6 nitrogen and oxygen atoms in total. The van der Waals surface area contributed by atoms with E-state index in [1.807, 2.05) is 13.0 Å². The Morgan fingerprint density at radius 3 is 2.73 bits per heavy atom. The summed E-state index contributed by atoms with van der Waals surface area (Å²) < 4.78 is 16.2. The molecular formula is C19H18ClNO5. The third kappa shape index (κ3) is 3.75. The number of rotatable bonds is 4. The van der Waals surface area contributed by atoms with Gasteiger partial charge in [-0.3, -0.25) is 0 Å². The van der Waals surface area contributed by atoms with Gasteiger partial charge < -0.3 is 19.0 Å². The zero-order valence-electron chi connectivity index (χ0n) is 14.6. The fraction of sp³-hybridized carbons (Fsp3) is 0.263. The number of hydrogen-bond acceptors (Lipinski definition) is 6. The Balaban J connectivity index is 1.87. The van der Waals surface area contributed by atoms with Crippen LogP contribution in [0, 0.1) is 0 Å². The predicted molar refractivity (Wildman–Crippen MR) is 97.7 cm³/mol. The number of oxime groups is 1. The minimum absolute atomic E-state index is 0.104. The first kappa shape index (κ1) is 18.1. The van der Waals surface area contributed by atoms with Gasteiger partial charge in [-0.15, -0.1) is 0 Å². The van der Waals surface area contributed by atoms with Crippen LogP contribution in [0.4, 0.5) is 0 Å². The van der Waals surface area contributed by atoms with Gasteiger partial charge in [0.1, 0.15) is 28.9 Å². The van der Waals surface area contributed by atoms with Crippen LogP contribution in [0.3, 0.4) is 0 Å². The first-order chi connectivity index (χ1) is 12.5. The molecule has 0 amide bonds. The lowest BCUT2D eigenvalue weighted by atomic mass is 10.0. The number of hydrogen-bond donors (Lipinski definition) is 0. The van der Waals surface area contributed by atoms with Crippen LogP contribution >= 0.6 is 11.6 Å². The van der Waals surface area contributed by atoms with Gasteiger partial charge in [0.2, 0.25) is 0 Å². The molecule has 1 heterocycles. The van der Waals surface area contributed by atoms with E-state index in [9.17, 15) is 4.79 Å². The molecule has 3 rings (SSSR count). The summed E-state index contributed by atoms with van der Waals surface area (Å²) in [5.41, 5.74) is 1.59. The Morgan fingerprint density at radius 2 is 2.00 bits per heavy atom. The SMILES string of the molecule is COc1ccc2c(c1)O[C@@H](C)C/C2=N\OC(=O)c1cc(Cl)ccc1OC. The first-order valence-electron chi connectivity index (χ1n) is 7.98. The Labute approximate surface area is 156 Å². The minimum atomic E-state index is -0.647. The highest BCUT2D eigenvalue weighted by Crippen LogP contribution is 2.32. The van der Waals surface area contributed by atoms with Crippen LogP contribution in [0.1, 0.15) is 29.3 Å². The van der Waals surface area contributed by atoms with Crippen molar-refractivity contribution in [3.05, 3.63) is 52.5 Å². The van der Waals surface area contributed by atoms with Crippen molar-refractivity contribution >= 4 is 23.3 Å². The lowest BCUT2D eigenvalue weighted by molar-refractivity contribution is 0.0509. The maximum Gasteiger partial charge on any atom is 0.369 e. The van der Waals surface area contributed by atoms with Crippen LogP contribution in [0.25, 0.3) is 0 Å². The number of methoxy groups -OCH3 is 2. The standard InChI is InChI=1S/C19H18ClNO5/c1-11-8-16(14-6-5-13(23-2)10-18(14)25-11)21-26-19(22)15-9-12(20)4-7-17(15)24-3/h4-7,9-11H,8H2,1-3H3/b21-16+/t11-/m0/s1. The fourth-order valence-electron chi connectivity index (χ4n) is 2.68. The fourth-order valence-corrected chi connectivity index (χ4v) is 2.85. The average molecular weight is 376 g/mol. The molecule has 0 fully saturated rings. The maximum atomic E-state index is 12.4. The molecule has 0 saturated carbocycles. The topological polar surface area (TPSA) is 66.3 Å². The van der Waals surface area contributed by atoms with Crippen LogP contribution in [-0.2, 0) is 4.84 Å². The summed E-state index contributed by atoms with van der Waals surface area (Å²) in [6.45, 7) is 1.92. The van der Waals surface area contributed by atoms with E-state index in [4.69, 9.17) is 30.6 Å². The summed E-state index contributed by atoms with van der Waals surface area (Å²) in [6, 6.07) is 10.1. The van der Waals surface area contributed by atoms with E-state index in [0.29, 0.717) is 34.4 Å². The van der Waals surface area contributed by atoms with Crippen molar-refractivity contribution in [2.24, 2.45) is 5.16 Å². The predicted octanol–water partition coefficient (Wildman–Crippen LogP) is 4.09. The highest BCUT2D eigenvalue weighted by Gasteiger charge is 2.24. The zero-order chi connectivity index (χ0) is 18.7. The molecular weight excluding hydrogens is 358 g/mol. The van der Waals surface area contributed by atoms with Crippen molar-refractivity contribution in [1.29, 1.82) is 0 Å². The Morgan fingerprint density at radius 1 is 1.19 bits per heavy atom. The van der Waals surface area contributed by atoms with Crippen molar-refractivity contribution in [2.75, 3.05) is 14.2 Å². The van der Waals surface area contributed by atoms with E-state index in [0.717, 1.165) is 5.56 Å². The van der Waals surface area contributed by atoms with Gasteiger partial charge in [0.15, 0.2) is 0 Å². The average Bonchev–Trinajstić information content (AvgIpc) is 2.65. The third-order valence-electron chi connectivity index (χ3n) is 3.93. The molecule has 1 aliphatic rings. The van der Waals surface area contributed by atoms with Gasteiger partial charge >= 0.3 is 5.97 Å². The van der Waals surface area contributed by atoms with Crippen LogP contribution < -0.4 is 14.2 Å². The van der Waals surface area contributed by atoms with Gasteiger partial charge in [0.25, 0.3) is 0 Å². The van der Waals surface area contributed by atoms with E-state index < -0.39 is 5.97 Å². The smallest absolute Gasteiger partial charge is 0.369 e. The summed E-state index contributed by atoms with van der Waals surface area (Å²) in [5.74, 6) is 1.03. The largest absolute Gasteiger partial charge is 0.497 e. The monoisotopic (exact) mass is 375 g/mol. The van der Waals surface area contributed by atoms with Crippen molar-refractivity contribution in [3.63, 3.8) is 0 Å². The Hall–Kier alpha value is -2.73. The molecule has 0 saturated heterocycles. The summed E-state index contributed by atoms with van der Waals surface area (Å²) >= 11 is 5.95. The number of carbonyl (C=O) groups excluding carboxylic acids is 1. The normalized spacial score (nSPS) is 17.2. The molecule has 1 atom stereocenters. The Kier molecular flexibility index (Phi) is 5.32. The first-order valence-corrected chi connectivity index (χ1v) is 8.36. The molecule has 7 heteroatoms. The zero-order valence-corrected chi connectivity index (χ0v) is 15.4. The summed E-state index contributed by atoms with van der Waals surface area (Å²) in [6.07, 6.45) is 0.409. The van der Waals surface area contributed by atoms with Crippen LogP contribution in [-0.4, -0.2) is 32.0 Å². The highest BCUT2D eigenvalue weighted by molar-refractivity contribution is 6.31. The number of halogens is 1. The second kappa shape index (κ2) is 7.66. The summed E-state index contributed by atoms with van der Waals surface area (Å²) in [4.78, 5) is 17.5. The second-order valence-corrected chi connectivity index (χ2v) is 6.19. The summed E-state index contributed by atoms with van der Waals surface area (Å²) in [5, 5.41) is 4.46. The number of nitrogens with zero attached hydrogens (tertiary/aromatic N) is 1. The van der Waals surface area contributed by atoms with Gasteiger partial charge in [-0.05, 0) is 37.3 Å². The lowest BCUT2D eigenvalue weighted by Gasteiger charge is -2.24. The van der Waals surface area contributed by atoms with Gasteiger partial charge in [-0.1, -0.05) is 16.8 Å². The van der Waals surface area contributed by atoms with Gasteiger partial charge in [0, 0.05) is 23.1 Å². The number of ether oxygens (including phenoxy) is 3. The molecule has 2 aromatic carbocycles. The number of benzene rings is 2. The summed E-state index contributed by atoms with van der Waals surface area (Å²) in [7, 11) is 3.05. The molecule has 2 aromatic rings. The minimum Gasteiger partial charge on any atom is -0.497 e. The molecule has 0 aliphatic carbocycles. The molecule has 0 aromatic heterocycles. The molecule has 0 N–H and O–H groups in total. The maximum absolute atomic E-state index is 12.4. The molecule has 0 radical (unpaired) electrons. The van der Waals surface area contributed by atoms with Crippen molar-refractivity contribution in [2.45, 2.75) is 19.4 Å². The Bertz CT molecular complexity index is 865. The number of carbonyl (C=O) groups is 1. The second-order valence-electron chi connectivity index (χ2n) is 5.76. The van der Waals surface area contributed by atoms with E-state index in [1.165, 1.54) is 13.2 Å². The molecule has 26 heavy (non-hydrogen) atoms. The quantitative estimate of drug-likeness (QED) is 0.594. The third-order valence-corrected chi connectivity index (χ3v) is 4.16. The number of fused-ring (bicyclic) bond motifs is 1. The lowest BCUT2D eigenvalue weighted by Crippen LogP contribution is -2.25. The van der Waals surface area contributed by atoms with Crippen LogP contribution in [0.5, 0.6) is 17.2 Å². The molecule has 136 valence electrons. The van der Waals surface area contributed by atoms with E-state index in [1.54, 1.807) is 31.4 Å². The van der Waals surface area contributed by atoms with E-state index in [2.05, 4.69) is 5.16 Å². The molecule has 0 spiro atoms. The van der Waals surface area contributed by atoms with E-state index in [-0.39, 0.29) is 11.7 Å². The van der Waals surface area contributed by atoms with Crippen molar-refractivity contribution < 1.29 is 23.8 Å². The van der Waals surface area contributed by atoms with Gasteiger partial charge in [-0.25, -0.2) is 4.79 Å². The van der Waals surface area contributed by atoms with Crippen LogP contribution in [0.2, 0.25) is 5.02 Å². The highest BCUT2D eigenvalue weighted by atomic mass is 35.5. The van der Waals surface area contributed by atoms with Gasteiger partial charge in [0.05, 0.1) is 19.9 Å². The van der Waals surface area contributed by atoms with E-state index >= 15 is 0 Å². The van der Waals surface area contributed by atoms with Crippen LogP contribution in [0.15, 0.2) is 41.6 Å². The van der Waals surface area contributed by atoms with Gasteiger partial charge in [-0.2, -0.15) is 0 Å². The van der Waals surface area contributed by atoms with Crippen molar-refractivity contribution in [3.8, 4) is 17.2 Å². The molecule has 0 bridgehead atoms.